The fourth-order valence-corrected chi connectivity index (χ4v) is 4.36. The largest absolute Gasteiger partial charge is 0.360 e. The van der Waals surface area contributed by atoms with E-state index in [0.717, 1.165) is 17.1 Å². The Morgan fingerprint density at radius 1 is 1.04 bits per heavy atom. The monoisotopic (exact) mass is 363 g/mol. The Bertz CT molecular complexity index is 827. The first-order valence-electron chi connectivity index (χ1n) is 8.47. The van der Waals surface area contributed by atoms with Gasteiger partial charge in [-0.25, -0.2) is 8.42 Å². The van der Waals surface area contributed by atoms with Gasteiger partial charge in [0.2, 0.25) is 10.0 Å². The molecule has 0 amide bonds. The molecule has 1 aliphatic rings. The van der Waals surface area contributed by atoms with Crippen molar-refractivity contribution in [2.45, 2.75) is 38.0 Å². The number of benzene rings is 1. The van der Waals surface area contributed by atoms with Crippen LogP contribution in [-0.2, 0) is 15.4 Å². The molecule has 0 atom stereocenters. The second-order valence-electron chi connectivity index (χ2n) is 7.46. The highest BCUT2D eigenvalue weighted by atomic mass is 32.2. The summed E-state index contributed by atoms with van der Waals surface area (Å²) < 4.78 is 32.4. The number of aryl methyl sites for hydroxylation is 1. The second kappa shape index (κ2) is 6.46. The first kappa shape index (κ1) is 17.9. The van der Waals surface area contributed by atoms with E-state index in [1.54, 1.807) is 16.4 Å². The number of piperazine rings is 1. The maximum absolute atomic E-state index is 12.9. The van der Waals surface area contributed by atoms with Crippen LogP contribution in [0.15, 0.2) is 39.8 Å². The van der Waals surface area contributed by atoms with Crippen LogP contribution in [0.4, 0.5) is 5.82 Å². The zero-order chi connectivity index (χ0) is 18.2. The van der Waals surface area contributed by atoms with Crippen LogP contribution in [0.1, 0.15) is 32.1 Å². The Morgan fingerprint density at radius 2 is 1.64 bits per heavy atom. The lowest BCUT2D eigenvalue weighted by Gasteiger charge is -2.33. The van der Waals surface area contributed by atoms with Crippen LogP contribution in [0.3, 0.4) is 0 Å². The molecular formula is C18H25N3O3S. The molecule has 7 heteroatoms. The lowest BCUT2D eigenvalue weighted by molar-refractivity contribution is 0.371. The lowest BCUT2D eigenvalue weighted by Crippen LogP contribution is -2.48. The third-order valence-corrected chi connectivity index (χ3v) is 6.45. The van der Waals surface area contributed by atoms with Gasteiger partial charge >= 0.3 is 0 Å². The molecule has 3 rings (SSSR count). The minimum absolute atomic E-state index is 0.00361. The van der Waals surface area contributed by atoms with E-state index in [-0.39, 0.29) is 5.41 Å². The van der Waals surface area contributed by atoms with Crippen LogP contribution in [0, 0.1) is 6.92 Å². The highest BCUT2D eigenvalue weighted by Crippen LogP contribution is 2.25. The van der Waals surface area contributed by atoms with Crippen molar-refractivity contribution in [3.8, 4) is 0 Å². The summed E-state index contributed by atoms with van der Waals surface area (Å²) in [5, 5.41) is 4.00. The maximum Gasteiger partial charge on any atom is 0.243 e. The van der Waals surface area contributed by atoms with E-state index in [0.29, 0.717) is 31.1 Å². The van der Waals surface area contributed by atoms with Gasteiger partial charge in [0, 0.05) is 32.2 Å². The fraction of sp³-hybridized carbons (Fsp3) is 0.500. The van der Waals surface area contributed by atoms with Crippen LogP contribution in [0.5, 0.6) is 0 Å². The van der Waals surface area contributed by atoms with Crippen LogP contribution < -0.4 is 4.90 Å². The van der Waals surface area contributed by atoms with E-state index < -0.39 is 10.0 Å². The summed E-state index contributed by atoms with van der Waals surface area (Å²) in [6.45, 7) is 10.3. The van der Waals surface area contributed by atoms with Gasteiger partial charge in [-0.1, -0.05) is 38.1 Å². The van der Waals surface area contributed by atoms with Crippen LogP contribution in [-0.4, -0.2) is 44.1 Å². The summed E-state index contributed by atoms with van der Waals surface area (Å²) in [6.07, 6.45) is 0. The Labute approximate surface area is 149 Å². The van der Waals surface area contributed by atoms with Gasteiger partial charge in [-0.05, 0) is 30.0 Å². The van der Waals surface area contributed by atoms with E-state index in [9.17, 15) is 8.42 Å². The number of rotatable bonds is 3. The molecule has 1 aromatic heterocycles. The molecule has 0 bridgehead atoms. The lowest BCUT2D eigenvalue weighted by atomic mass is 9.87. The quantitative estimate of drug-likeness (QED) is 0.839. The summed E-state index contributed by atoms with van der Waals surface area (Å²) in [4.78, 5) is 2.40. The maximum atomic E-state index is 12.9. The predicted octanol–water partition coefficient (Wildman–Crippen LogP) is 2.79. The highest BCUT2D eigenvalue weighted by molar-refractivity contribution is 7.89. The number of sulfonamides is 1. The average Bonchev–Trinajstić information content (AvgIpc) is 3.01. The fourth-order valence-electron chi connectivity index (χ4n) is 2.94. The van der Waals surface area contributed by atoms with Crippen LogP contribution >= 0.6 is 0 Å². The van der Waals surface area contributed by atoms with E-state index in [1.165, 1.54) is 0 Å². The van der Waals surface area contributed by atoms with E-state index >= 15 is 0 Å². The van der Waals surface area contributed by atoms with Crippen molar-refractivity contribution in [1.82, 2.24) is 9.46 Å². The van der Waals surface area contributed by atoms with Gasteiger partial charge in [0.15, 0.2) is 5.82 Å². The van der Waals surface area contributed by atoms with Crippen LogP contribution in [0.25, 0.3) is 0 Å². The summed E-state index contributed by atoms with van der Waals surface area (Å²) in [5.74, 6) is 1.52. The van der Waals surface area contributed by atoms with Crippen molar-refractivity contribution < 1.29 is 12.9 Å². The van der Waals surface area contributed by atoms with Crippen molar-refractivity contribution in [2.75, 3.05) is 31.1 Å². The van der Waals surface area contributed by atoms with Crippen molar-refractivity contribution >= 4 is 15.8 Å². The molecule has 0 aliphatic carbocycles. The van der Waals surface area contributed by atoms with Gasteiger partial charge in [0.05, 0.1) is 4.90 Å². The third-order valence-electron chi connectivity index (χ3n) is 4.54. The minimum atomic E-state index is -3.46. The van der Waals surface area contributed by atoms with Crippen molar-refractivity contribution in [3.05, 3.63) is 41.7 Å². The molecule has 1 aliphatic heterocycles. The van der Waals surface area contributed by atoms with Gasteiger partial charge in [-0.2, -0.15) is 4.31 Å². The van der Waals surface area contributed by atoms with Gasteiger partial charge in [-0.15, -0.1) is 0 Å². The van der Waals surface area contributed by atoms with Crippen LogP contribution in [0.2, 0.25) is 0 Å². The Balaban J connectivity index is 1.71. The topological polar surface area (TPSA) is 66.7 Å². The molecule has 6 nitrogen and oxygen atoms in total. The number of hydrogen-bond donors (Lipinski definition) is 0. The van der Waals surface area contributed by atoms with Gasteiger partial charge < -0.3 is 9.42 Å². The molecule has 2 heterocycles. The first-order chi connectivity index (χ1) is 11.7. The van der Waals surface area contributed by atoms with Gasteiger partial charge in [-0.3, -0.25) is 0 Å². The zero-order valence-electron chi connectivity index (χ0n) is 15.2. The van der Waals surface area contributed by atoms with Gasteiger partial charge in [0.25, 0.3) is 0 Å². The third kappa shape index (κ3) is 3.72. The Kier molecular flexibility index (Phi) is 4.64. The zero-order valence-corrected chi connectivity index (χ0v) is 16.0. The number of nitrogens with zero attached hydrogens (tertiary/aromatic N) is 3. The first-order valence-corrected chi connectivity index (χ1v) is 9.91. The number of aromatic nitrogens is 1. The smallest absolute Gasteiger partial charge is 0.243 e. The highest BCUT2D eigenvalue weighted by Gasteiger charge is 2.29. The average molecular weight is 363 g/mol. The molecule has 2 aromatic rings. The molecule has 1 aromatic carbocycles. The summed E-state index contributed by atoms with van der Waals surface area (Å²) >= 11 is 0. The van der Waals surface area contributed by atoms with Crippen molar-refractivity contribution in [2.24, 2.45) is 0 Å². The predicted molar refractivity (Wildman–Crippen MR) is 97.4 cm³/mol. The summed E-state index contributed by atoms with van der Waals surface area (Å²) in [7, 11) is -3.46. The normalized spacial score (nSPS) is 17.0. The van der Waals surface area contributed by atoms with Gasteiger partial charge in [0.1, 0.15) is 5.76 Å². The molecular weight excluding hydrogens is 338 g/mol. The Hall–Kier alpha value is -1.86. The molecule has 0 spiro atoms. The number of anilines is 1. The van der Waals surface area contributed by atoms with Crippen molar-refractivity contribution in [3.63, 3.8) is 0 Å². The standard InChI is InChI=1S/C18H25N3O3S/c1-14-13-17(19-24-14)20-9-11-21(12-10-20)25(22,23)16-7-5-15(6-8-16)18(2,3)4/h5-8,13H,9-12H2,1-4H3. The molecule has 136 valence electrons. The van der Waals surface area contributed by atoms with E-state index in [2.05, 4.69) is 25.9 Å². The molecule has 0 unspecified atom stereocenters. The molecule has 1 saturated heterocycles. The molecule has 0 radical (unpaired) electrons. The molecule has 0 saturated carbocycles. The Morgan fingerprint density at radius 3 is 2.12 bits per heavy atom. The molecule has 25 heavy (non-hydrogen) atoms. The second-order valence-corrected chi connectivity index (χ2v) is 9.40. The molecule has 0 N–H and O–H groups in total. The summed E-state index contributed by atoms with van der Waals surface area (Å²) in [5.41, 5.74) is 1.13. The minimum Gasteiger partial charge on any atom is -0.360 e. The van der Waals surface area contributed by atoms with E-state index in [4.69, 9.17) is 4.52 Å². The summed E-state index contributed by atoms with van der Waals surface area (Å²) in [6, 6.07) is 9.10. The van der Waals surface area contributed by atoms with E-state index in [1.807, 2.05) is 30.0 Å². The van der Waals surface area contributed by atoms with Crippen molar-refractivity contribution in [1.29, 1.82) is 0 Å². The number of hydrogen-bond acceptors (Lipinski definition) is 5. The SMILES string of the molecule is Cc1cc(N2CCN(S(=O)(=O)c3ccc(C(C)(C)C)cc3)CC2)no1. The molecule has 1 fully saturated rings.